The Labute approximate surface area is 156 Å². The summed E-state index contributed by atoms with van der Waals surface area (Å²) in [6, 6.07) is 18.7. The number of nitrogens with zero attached hydrogens (tertiary/aromatic N) is 1. The number of anilines is 1. The number of aromatic nitrogens is 1. The maximum Gasteiger partial charge on any atom is 0.319 e. The Morgan fingerprint density at radius 3 is 2.27 bits per heavy atom. The lowest BCUT2D eigenvalue weighted by Crippen LogP contribution is -2.28. The third kappa shape index (κ3) is 5.26. The van der Waals surface area contributed by atoms with Gasteiger partial charge < -0.3 is 15.4 Å². The summed E-state index contributed by atoms with van der Waals surface area (Å²) in [5.41, 5.74) is 1.75. The van der Waals surface area contributed by atoms with Crippen LogP contribution in [0.5, 0.6) is 11.5 Å². The van der Waals surface area contributed by atoms with Crippen LogP contribution >= 0.6 is 11.8 Å². The highest BCUT2D eigenvalue weighted by atomic mass is 32.2. The SMILES string of the molecule is CSc1ccc(NC(=O)NCc2ccc(Oc3ccncc3)cc2)cc1. The summed E-state index contributed by atoms with van der Waals surface area (Å²) >= 11 is 1.66. The fraction of sp³-hybridized carbons (Fsp3) is 0.100. The smallest absolute Gasteiger partial charge is 0.319 e. The number of pyridine rings is 1. The number of carbonyl (C=O) groups excluding carboxylic acids is 1. The molecule has 0 bridgehead atoms. The van der Waals surface area contributed by atoms with Crippen molar-refractivity contribution >= 4 is 23.5 Å². The Morgan fingerprint density at radius 1 is 0.962 bits per heavy atom. The second-order valence-corrected chi connectivity index (χ2v) is 6.34. The van der Waals surface area contributed by atoms with Crippen LogP contribution in [0.25, 0.3) is 0 Å². The van der Waals surface area contributed by atoms with Crippen LogP contribution in [0.3, 0.4) is 0 Å². The molecule has 0 aliphatic rings. The van der Waals surface area contributed by atoms with E-state index < -0.39 is 0 Å². The van der Waals surface area contributed by atoms with Gasteiger partial charge in [0.05, 0.1) is 0 Å². The molecular formula is C20H19N3O2S. The van der Waals surface area contributed by atoms with E-state index in [0.29, 0.717) is 6.54 Å². The number of ether oxygens (including phenoxy) is 1. The van der Waals surface area contributed by atoms with Crippen LogP contribution in [-0.4, -0.2) is 17.3 Å². The molecular weight excluding hydrogens is 346 g/mol. The first-order valence-electron chi connectivity index (χ1n) is 8.09. The number of thioether (sulfide) groups is 1. The number of rotatable bonds is 6. The van der Waals surface area contributed by atoms with Crippen molar-refractivity contribution in [3.05, 3.63) is 78.6 Å². The zero-order chi connectivity index (χ0) is 18.2. The molecule has 6 heteroatoms. The molecule has 1 heterocycles. The van der Waals surface area contributed by atoms with Gasteiger partial charge in [-0.2, -0.15) is 0 Å². The highest BCUT2D eigenvalue weighted by Gasteiger charge is 2.03. The van der Waals surface area contributed by atoms with Gasteiger partial charge in [-0.05, 0) is 60.4 Å². The molecule has 3 rings (SSSR count). The topological polar surface area (TPSA) is 63.2 Å². The van der Waals surface area contributed by atoms with Crippen LogP contribution in [0.4, 0.5) is 10.5 Å². The lowest BCUT2D eigenvalue weighted by atomic mass is 10.2. The molecule has 0 aliphatic heterocycles. The minimum Gasteiger partial charge on any atom is -0.457 e. The van der Waals surface area contributed by atoms with E-state index in [-0.39, 0.29) is 6.03 Å². The molecule has 0 radical (unpaired) electrons. The molecule has 2 aromatic carbocycles. The van der Waals surface area contributed by atoms with Crippen LogP contribution in [-0.2, 0) is 6.54 Å². The van der Waals surface area contributed by atoms with Crippen LogP contribution in [0.1, 0.15) is 5.56 Å². The maximum atomic E-state index is 12.0. The van der Waals surface area contributed by atoms with Crippen molar-refractivity contribution < 1.29 is 9.53 Å². The Bertz CT molecular complexity index is 837. The number of nitrogens with one attached hydrogen (secondary N) is 2. The average Bonchev–Trinajstić information content (AvgIpc) is 2.69. The first-order chi connectivity index (χ1) is 12.7. The van der Waals surface area contributed by atoms with Gasteiger partial charge in [-0.15, -0.1) is 11.8 Å². The third-order valence-corrected chi connectivity index (χ3v) is 4.35. The first kappa shape index (κ1) is 17.8. The highest BCUT2D eigenvalue weighted by Crippen LogP contribution is 2.21. The fourth-order valence-electron chi connectivity index (χ4n) is 2.25. The summed E-state index contributed by atoms with van der Waals surface area (Å²) in [7, 11) is 0. The summed E-state index contributed by atoms with van der Waals surface area (Å²) < 4.78 is 5.72. The molecule has 132 valence electrons. The summed E-state index contributed by atoms with van der Waals surface area (Å²) in [6.07, 6.45) is 5.38. The standard InChI is InChI=1S/C20H19N3O2S/c1-26-19-8-4-16(5-9-19)23-20(24)22-14-15-2-6-17(7-3-15)25-18-10-12-21-13-11-18/h2-13H,14H2,1H3,(H2,22,23,24). The molecule has 0 saturated heterocycles. The molecule has 3 aromatic rings. The van der Waals surface area contributed by atoms with Gasteiger partial charge in [0.1, 0.15) is 11.5 Å². The van der Waals surface area contributed by atoms with Crippen LogP contribution < -0.4 is 15.4 Å². The van der Waals surface area contributed by atoms with Gasteiger partial charge in [0.15, 0.2) is 0 Å². The van der Waals surface area contributed by atoms with E-state index in [9.17, 15) is 4.79 Å². The van der Waals surface area contributed by atoms with E-state index in [4.69, 9.17) is 4.74 Å². The third-order valence-electron chi connectivity index (χ3n) is 3.61. The van der Waals surface area contributed by atoms with Crippen molar-refractivity contribution in [1.82, 2.24) is 10.3 Å². The summed E-state index contributed by atoms with van der Waals surface area (Å²) in [4.78, 5) is 17.1. The number of carbonyl (C=O) groups is 1. The van der Waals surface area contributed by atoms with E-state index in [0.717, 1.165) is 27.6 Å². The van der Waals surface area contributed by atoms with E-state index in [2.05, 4.69) is 15.6 Å². The van der Waals surface area contributed by atoms with Crippen molar-refractivity contribution in [1.29, 1.82) is 0 Å². The van der Waals surface area contributed by atoms with Gasteiger partial charge >= 0.3 is 6.03 Å². The van der Waals surface area contributed by atoms with Crippen LogP contribution in [0.2, 0.25) is 0 Å². The van der Waals surface area contributed by atoms with E-state index in [1.165, 1.54) is 0 Å². The van der Waals surface area contributed by atoms with Gasteiger partial charge in [0.25, 0.3) is 0 Å². The number of benzene rings is 2. The Morgan fingerprint density at radius 2 is 1.62 bits per heavy atom. The first-order valence-corrected chi connectivity index (χ1v) is 9.31. The summed E-state index contributed by atoms with van der Waals surface area (Å²) in [5.74, 6) is 1.47. The molecule has 0 unspecified atom stereocenters. The van der Waals surface area contributed by atoms with Crippen molar-refractivity contribution in [3.63, 3.8) is 0 Å². The predicted molar refractivity (Wildman–Crippen MR) is 105 cm³/mol. The van der Waals surface area contributed by atoms with Gasteiger partial charge in [0, 0.05) is 29.5 Å². The molecule has 0 fully saturated rings. The molecule has 1 aromatic heterocycles. The number of hydrogen-bond acceptors (Lipinski definition) is 4. The molecule has 0 spiro atoms. The number of urea groups is 1. The van der Waals surface area contributed by atoms with Gasteiger partial charge in [-0.25, -0.2) is 4.79 Å². The number of hydrogen-bond donors (Lipinski definition) is 2. The minimum atomic E-state index is -0.237. The second-order valence-electron chi connectivity index (χ2n) is 5.47. The summed E-state index contributed by atoms with van der Waals surface area (Å²) in [5, 5.41) is 5.66. The average molecular weight is 365 g/mol. The number of amides is 2. The van der Waals surface area contributed by atoms with Gasteiger partial charge in [-0.3, -0.25) is 4.98 Å². The van der Waals surface area contributed by atoms with Crippen LogP contribution in [0.15, 0.2) is 78.0 Å². The Hall–Kier alpha value is -2.99. The van der Waals surface area contributed by atoms with E-state index in [1.807, 2.05) is 54.8 Å². The van der Waals surface area contributed by atoms with Crippen molar-refractivity contribution in [2.75, 3.05) is 11.6 Å². The van der Waals surface area contributed by atoms with Crippen molar-refractivity contribution in [3.8, 4) is 11.5 Å². The van der Waals surface area contributed by atoms with E-state index in [1.54, 1.807) is 36.3 Å². The van der Waals surface area contributed by atoms with Crippen molar-refractivity contribution in [2.45, 2.75) is 11.4 Å². The lowest BCUT2D eigenvalue weighted by molar-refractivity contribution is 0.251. The molecule has 0 saturated carbocycles. The normalized spacial score (nSPS) is 10.2. The monoisotopic (exact) mass is 365 g/mol. The van der Waals surface area contributed by atoms with Crippen LogP contribution in [0, 0.1) is 0 Å². The fourth-order valence-corrected chi connectivity index (χ4v) is 2.66. The zero-order valence-electron chi connectivity index (χ0n) is 14.3. The predicted octanol–water partition coefficient (Wildman–Crippen LogP) is 4.92. The van der Waals surface area contributed by atoms with Gasteiger partial charge in [-0.1, -0.05) is 12.1 Å². The lowest BCUT2D eigenvalue weighted by Gasteiger charge is -2.09. The molecule has 5 nitrogen and oxygen atoms in total. The maximum absolute atomic E-state index is 12.0. The highest BCUT2D eigenvalue weighted by molar-refractivity contribution is 7.98. The Kier molecular flexibility index (Phi) is 6.11. The zero-order valence-corrected chi connectivity index (χ0v) is 15.1. The summed E-state index contributed by atoms with van der Waals surface area (Å²) in [6.45, 7) is 0.435. The molecule has 26 heavy (non-hydrogen) atoms. The molecule has 0 aliphatic carbocycles. The largest absolute Gasteiger partial charge is 0.457 e. The quantitative estimate of drug-likeness (QED) is 0.609. The van der Waals surface area contributed by atoms with Gasteiger partial charge in [0.2, 0.25) is 0 Å². The van der Waals surface area contributed by atoms with Crippen molar-refractivity contribution in [2.24, 2.45) is 0 Å². The second kappa shape index (κ2) is 8.92. The molecule has 0 atom stereocenters. The molecule has 2 N–H and O–H groups in total. The molecule has 2 amide bonds. The Balaban J connectivity index is 1.48. The minimum absolute atomic E-state index is 0.237. The van der Waals surface area contributed by atoms with E-state index >= 15 is 0 Å².